The van der Waals surface area contributed by atoms with E-state index in [1.807, 2.05) is 25.2 Å². The fourth-order valence-corrected chi connectivity index (χ4v) is 3.57. The number of likely N-dealkylation sites (N-methyl/N-ethyl adjacent to an activating group) is 1. The number of nitrogens with zero attached hydrogens (tertiary/aromatic N) is 5. The molecule has 0 radical (unpaired) electrons. The molecule has 0 fully saturated rings. The van der Waals surface area contributed by atoms with Gasteiger partial charge in [-0.25, -0.2) is 9.48 Å². The maximum atomic E-state index is 12.6. The quantitative estimate of drug-likeness (QED) is 0.678. The molecular weight excluding hydrogens is 358 g/mol. The van der Waals surface area contributed by atoms with Gasteiger partial charge in [0.05, 0.1) is 13.2 Å². The van der Waals surface area contributed by atoms with Crippen molar-refractivity contribution in [3.63, 3.8) is 0 Å². The number of carbonyl (C=O) groups is 1. The van der Waals surface area contributed by atoms with Gasteiger partial charge in [0, 0.05) is 58.4 Å². The average Bonchev–Trinajstić information content (AvgIpc) is 2.87. The second-order valence-corrected chi connectivity index (χ2v) is 7.35. The summed E-state index contributed by atoms with van der Waals surface area (Å²) < 4.78 is 8.27. The van der Waals surface area contributed by atoms with Crippen LogP contribution in [0.3, 0.4) is 0 Å². The van der Waals surface area contributed by atoms with Crippen molar-refractivity contribution in [2.24, 2.45) is 5.92 Å². The Hall–Kier alpha value is -2.48. The zero-order chi connectivity index (χ0) is 19.9. The Morgan fingerprint density at radius 3 is 2.96 bits per heavy atom. The lowest BCUT2D eigenvalue weighted by Gasteiger charge is -2.20. The van der Waals surface area contributed by atoms with Crippen molar-refractivity contribution < 1.29 is 9.53 Å². The number of amides is 1. The normalized spacial score (nSPS) is 16.4. The number of rotatable bonds is 8. The first-order chi connectivity index (χ1) is 13.6. The van der Waals surface area contributed by atoms with Gasteiger partial charge in [-0.05, 0) is 30.9 Å². The Labute approximate surface area is 165 Å². The maximum absolute atomic E-state index is 12.6. The molecular formula is C20H29N5O3. The standard InChI is InChI=1S/C20H29N5O3/c1-23(11-9-17-5-3-4-10-21-17)19(26)15-16-6-7-18-22-25(13-14-28-2)20(27)24(18)12-8-16/h3-5,10,16H,6-9,11-15H2,1-2H3. The molecule has 0 bridgehead atoms. The minimum Gasteiger partial charge on any atom is -0.383 e. The first kappa shape index (κ1) is 20.3. The summed E-state index contributed by atoms with van der Waals surface area (Å²) in [5.41, 5.74) is 0.915. The Morgan fingerprint density at radius 1 is 1.36 bits per heavy atom. The molecule has 28 heavy (non-hydrogen) atoms. The third kappa shape index (κ3) is 5.07. The van der Waals surface area contributed by atoms with Crippen LogP contribution in [0.25, 0.3) is 0 Å². The molecule has 3 rings (SSSR count). The second kappa shape index (κ2) is 9.64. The first-order valence-corrected chi connectivity index (χ1v) is 9.87. The predicted octanol–water partition coefficient (Wildman–Crippen LogP) is 1.13. The average molecular weight is 387 g/mol. The molecule has 0 aliphatic carbocycles. The monoisotopic (exact) mass is 387 g/mol. The lowest BCUT2D eigenvalue weighted by Crippen LogP contribution is -2.31. The molecule has 8 heteroatoms. The highest BCUT2D eigenvalue weighted by molar-refractivity contribution is 5.76. The first-order valence-electron chi connectivity index (χ1n) is 9.87. The van der Waals surface area contributed by atoms with E-state index >= 15 is 0 Å². The Balaban J connectivity index is 1.50. The van der Waals surface area contributed by atoms with Crippen molar-refractivity contribution in [3.05, 3.63) is 46.4 Å². The van der Waals surface area contributed by atoms with Crippen LogP contribution in [0.4, 0.5) is 0 Å². The smallest absolute Gasteiger partial charge is 0.345 e. The number of ether oxygens (including phenoxy) is 1. The Kier molecular flexibility index (Phi) is 6.97. The minimum absolute atomic E-state index is 0.0773. The van der Waals surface area contributed by atoms with Crippen LogP contribution < -0.4 is 5.69 Å². The largest absolute Gasteiger partial charge is 0.383 e. The molecule has 3 heterocycles. The van der Waals surface area contributed by atoms with Crippen molar-refractivity contribution in [1.82, 2.24) is 24.2 Å². The van der Waals surface area contributed by atoms with Gasteiger partial charge in [-0.2, -0.15) is 5.10 Å². The summed E-state index contributed by atoms with van der Waals surface area (Å²) in [4.78, 5) is 31.1. The molecule has 0 saturated carbocycles. The van der Waals surface area contributed by atoms with E-state index in [1.54, 1.807) is 22.8 Å². The summed E-state index contributed by atoms with van der Waals surface area (Å²) in [5, 5.41) is 4.44. The van der Waals surface area contributed by atoms with Crippen molar-refractivity contribution >= 4 is 5.91 Å². The van der Waals surface area contributed by atoms with E-state index in [1.165, 1.54) is 4.68 Å². The van der Waals surface area contributed by atoms with E-state index in [-0.39, 0.29) is 17.5 Å². The van der Waals surface area contributed by atoms with Gasteiger partial charge in [0.1, 0.15) is 5.82 Å². The number of hydrogen-bond acceptors (Lipinski definition) is 5. The number of aryl methyl sites for hydroxylation is 1. The Bertz CT molecular complexity index is 830. The molecule has 0 saturated heterocycles. The number of fused-ring (bicyclic) bond motifs is 1. The van der Waals surface area contributed by atoms with E-state index in [4.69, 9.17) is 4.74 Å². The molecule has 2 aromatic heterocycles. The fraction of sp³-hybridized carbons (Fsp3) is 0.600. The summed E-state index contributed by atoms with van der Waals surface area (Å²) in [6.45, 7) is 2.22. The zero-order valence-corrected chi connectivity index (χ0v) is 16.7. The molecule has 1 aliphatic rings. The maximum Gasteiger partial charge on any atom is 0.345 e. The summed E-state index contributed by atoms with van der Waals surface area (Å²) in [6.07, 6.45) is 5.47. The van der Waals surface area contributed by atoms with Gasteiger partial charge >= 0.3 is 5.69 Å². The number of aromatic nitrogens is 4. The summed E-state index contributed by atoms with van der Waals surface area (Å²) in [7, 11) is 3.46. The number of pyridine rings is 1. The summed E-state index contributed by atoms with van der Waals surface area (Å²) in [5.74, 6) is 1.25. The third-order valence-corrected chi connectivity index (χ3v) is 5.36. The van der Waals surface area contributed by atoms with Crippen LogP contribution in [0, 0.1) is 5.92 Å². The number of carbonyl (C=O) groups excluding carboxylic acids is 1. The van der Waals surface area contributed by atoms with E-state index in [2.05, 4.69) is 10.1 Å². The number of hydrogen-bond donors (Lipinski definition) is 0. The van der Waals surface area contributed by atoms with Crippen molar-refractivity contribution in [2.45, 2.75) is 45.2 Å². The fourth-order valence-electron chi connectivity index (χ4n) is 3.57. The number of methoxy groups -OCH3 is 1. The van der Waals surface area contributed by atoms with Gasteiger partial charge < -0.3 is 9.64 Å². The molecule has 1 unspecified atom stereocenters. The van der Waals surface area contributed by atoms with Crippen molar-refractivity contribution in [2.75, 3.05) is 27.3 Å². The van der Waals surface area contributed by atoms with E-state index < -0.39 is 0 Å². The van der Waals surface area contributed by atoms with Crippen molar-refractivity contribution in [1.29, 1.82) is 0 Å². The predicted molar refractivity (Wildman–Crippen MR) is 105 cm³/mol. The third-order valence-electron chi connectivity index (χ3n) is 5.36. The lowest BCUT2D eigenvalue weighted by molar-refractivity contribution is -0.131. The molecule has 8 nitrogen and oxygen atoms in total. The van der Waals surface area contributed by atoms with Crippen LogP contribution in [0.2, 0.25) is 0 Å². The molecule has 152 valence electrons. The van der Waals surface area contributed by atoms with Crippen LogP contribution in [0.5, 0.6) is 0 Å². The van der Waals surface area contributed by atoms with Gasteiger partial charge in [0.2, 0.25) is 5.91 Å². The van der Waals surface area contributed by atoms with Gasteiger partial charge in [-0.15, -0.1) is 0 Å². The highest BCUT2D eigenvalue weighted by atomic mass is 16.5. The van der Waals surface area contributed by atoms with Crippen LogP contribution in [-0.2, 0) is 35.5 Å². The lowest BCUT2D eigenvalue weighted by atomic mass is 9.96. The van der Waals surface area contributed by atoms with E-state index in [0.29, 0.717) is 32.7 Å². The topological polar surface area (TPSA) is 82.2 Å². The Morgan fingerprint density at radius 2 is 2.21 bits per heavy atom. The zero-order valence-electron chi connectivity index (χ0n) is 16.7. The van der Waals surface area contributed by atoms with Gasteiger partial charge in [0.25, 0.3) is 0 Å². The molecule has 0 aromatic carbocycles. The molecule has 1 amide bonds. The molecule has 0 spiro atoms. The SMILES string of the molecule is COCCn1nc2n(c1=O)CCC(CC(=O)N(C)CCc1ccccn1)CC2. The highest BCUT2D eigenvalue weighted by Gasteiger charge is 2.23. The van der Waals surface area contributed by atoms with E-state index in [9.17, 15) is 9.59 Å². The second-order valence-electron chi connectivity index (χ2n) is 7.35. The van der Waals surface area contributed by atoms with Crippen LogP contribution in [0.1, 0.15) is 30.8 Å². The van der Waals surface area contributed by atoms with Gasteiger partial charge in [-0.3, -0.25) is 14.3 Å². The molecule has 1 atom stereocenters. The summed E-state index contributed by atoms with van der Waals surface area (Å²) in [6, 6.07) is 5.83. The summed E-state index contributed by atoms with van der Waals surface area (Å²) >= 11 is 0. The van der Waals surface area contributed by atoms with Crippen molar-refractivity contribution in [3.8, 4) is 0 Å². The molecule has 1 aliphatic heterocycles. The van der Waals surface area contributed by atoms with E-state index in [0.717, 1.165) is 37.2 Å². The minimum atomic E-state index is -0.0773. The molecule has 0 N–H and O–H groups in total. The van der Waals surface area contributed by atoms with Crippen LogP contribution in [-0.4, -0.2) is 57.4 Å². The molecule has 2 aromatic rings. The van der Waals surface area contributed by atoms with Gasteiger partial charge in [-0.1, -0.05) is 6.07 Å². The highest BCUT2D eigenvalue weighted by Crippen LogP contribution is 2.21. The van der Waals surface area contributed by atoms with Gasteiger partial charge in [0.15, 0.2) is 0 Å². The van der Waals surface area contributed by atoms with Crippen LogP contribution >= 0.6 is 0 Å². The van der Waals surface area contributed by atoms with Crippen LogP contribution in [0.15, 0.2) is 29.2 Å².